The average molecular weight is 341 g/mol. The molecule has 7 heteroatoms. The summed E-state index contributed by atoms with van der Waals surface area (Å²) in [5.74, 6) is -0.296. The van der Waals surface area contributed by atoms with Gasteiger partial charge in [-0.05, 0) is 29.8 Å². The van der Waals surface area contributed by atoms with Crippen LogP contribution in [0.1, 0.15) is 15.9 Å². The second kappa shape index (κ2) is 7.87. The molecule has 25 heavy (non-hydrogen) atoms. The lowest BCUT2D eigenvalue weighted by atomic mass is 10.1. The molecule has 3 rings (SSSR count). The third-order valence-electron chi connectivity index (χ3n) is 4.06. The summed E-state index contributed by atoms with van der Waals surface area (Å²) in [6, 6.07) is 13.2. The Morgan fingerprint density at radius 2 is 1.72 bits per heavy atom. The molecule has 130 valence electrons. The highest BCUT2D eigenvalue weighted by atomic mass is 16.6. The zero-order valence-corrected chi connectivity index (χ0v) is 13.7. The van der Waals surface area contributed by atoms with Gasteiger partial charge in [-0.15, -0.1) is 0 Å². The Labute approximate surface area is 145 Å². The first-order valence-electron chi connectivity index (χ1n) is 8.07. The highest BCUT2D eigenvalue weighted by molar-refractivity contribution is 6.04. The number of hydrogen-bond acceptors (Lipinski definition) is 5. The minimum atomic E-state index is -0.491. The van der Waals surface area contributed by atoms with Gasteiger partial charge in [0.05, 0.1) is 18.1 Å². The van der Waals surface area contributed by atoms with Crippen LogP contribution in [0.15, 0.2) is 48.5 Å². The quantitative estimate of drug-likeness (QED) is 0.667. The summed E-state index contributed by atoms with van der Waals surface area (Å²) in [6.45, 7) is 4.25. The number of carbonyl (C=O) groups is 1. The van der Waals surface area contributed by atoms with E-state index in [1.54, 1.807) is 0 Å². The van der Waals surface area contributed by atoms with E-state index in [0.29, 0.717) is 11.3 Å². The van der Waals surface area contributed by atoms with Gasteiger partial charge in [0, 0.05) is 43.0 Å². The molecule has 1 heterocycles. The number of nitrogens with zero attached hydrogens (tertiary/aromatic N) is 2. The molecule has 1 amide bonds. The summed E-state index contributed by atoms with van der Waals surface area (Å²) in [7, 11) is 0. The van der Waals surface area contributed by atoms with E-state index in [1.807, 2.05) is 24.3 Å². The van der Waals surface area contributed by atoms with Crippen molar-refractivity contribution >= 4 is 17.3 Å². The molecule has 7 nitrogen and oxygen atoms in total. The number of amides is 1. The molecule has 0 aliphatic carbocycles. The van der Waals surface area contributed by atoms with Crippen molar-refractivity contribution in [1.29, 1.82) is 0 Å². The summed E-state index contributed by atoms with van der Waals surface area (Å²) in [4.78, 5) is 24.7. The van der Waals surface area contributed by atoms with Crippen LogP contribution >= 0.6 is 0 Å². The molecular weight excluding hydrogens is 322 g/mol. The molecule has 0 spiro atoms. The van der Waals surface area contributed by atoms with Gasteiger partial charge in [-0.1, -0.05) is 12.1 Å². The lowest BCUT2D eigenvalue weighted by Crippen LogP contribution is -2.35. The number of rotatable bonds is 5. The van der Waals surface area contributed by atoms with Crippen molar-refractivity contribution in [2.45, 2.75) is 6.54 Å². The zero-order valence-electron chi connectivity index (χ0n) is 13.7. The topological polar surface area (TPSA) is 84.7 Å². The Bertz CT molecular complexity index is 738. The van der Waals surface area contributed by atoms with Crippen LogP contribution in [-0.2, 0) is 11.3 Å². The van der Waals surface area contributed by atoms with Crippen LogP contribution in [0.4, 0.5) is 11.4 Å². The Balaban J connectivity index is 1.58. The number of hydrogen-bond donors (Lipinski definition) is 1. The van der Waals surface area contributed by atoms with Crippen LogP contribution in [0.5, 0.6) is 0 Å². The number of ether oxygens (including phenoxy) is 1. The maximum Gasteiger partial charge on any atom is 0.269 e. The fourth-order valence-electron chi connectivity index (χ4n) is 2.65. The van der Waals surface area contributed by atoms with E-state index in [1.165, 1.54) is 29.8 Å². The van der Waals surface area contributed by atoms with Gasteiger partial charge in [-0.2, -0.15) is 0 Å². The molecule has 0 radical (unpaired) electrons. The molecule has 0 saturated carbocycles. The van der Waals surface area contributed by atoms with E-state index in [4.69, 9.17) is 4.74 Å². The predicted octanol–water partition coefficient (Wildman–Crippen LogP) is 2.68. The minimum absolute atomic E-state index is 0.0379. The van der Waals surface area contributed by atoms with Gasteiger partial charge in [0.1, 0.15) is 0 Å². The number of nitrogens with one attached hydrogen (secondary N) is 1. The lowest BCUT2D eigenvalue weighted by molar-refractivity contribution is -0.384. The van der Waals surface area contributed by atoms with Gasteiger partial charge in [0.25, 0.3) is 11.6 Å². The molecule has 1 aliphatic rings. The Kier molecular flexibility index (Phi) is 5.37. The zero-order chi connectivity index (χ0) is 17.6. The Morgan fingerprint density at radius 1 is 1.08 bits per heavy atom. The maximum atomic E-state index is 12.2. The van der Waals surface area contributed by atoms with Crippen LogP contribution in [0, 0.1) is 10.1 Å². The molecule has 2 aromatic carbocycles. The van der Waals surface area contributed by atoms with Gasteiger partial charge < -0.3 is 10.1 Å². The summed E-state index contributed by atoms with van der Waals surface area (Å²) in [5, 5.41) is 13.4. The van der Waals surface area contributed by atoms with Crippen molar-refractivity contribution in [2.24, 2.45) is 0 Å². The van der Waals surface area contributed by atoms with Crippen LogP contribution in [-0.4, -0.2) is 42.0 Å². The second-order valence-corrected chi connectivity index (χ2v) is 5.84. The van der Waals surface area contributed by atoms with Crippen LogP contribution in [0.3, 0.4) is 0 Å². The molecule has 0 unspecified atom stereocenters. The van der Waals surface area contributed by atoms with Gasteiger partial charge in [0.15, 0.2) is 0 Å². The van der Waals surface area contributed by atoms with E-state index in [2.05, 4.69) is 10.2 Å². The largest absolute Gasteiger partial charge is 0.379 e. The number of nitro benzene ring substituents is 1. The van der Waals surface area contributed by atoms with E-state index in [-0.39, 0.29) is 11.6 Å². The molecule has 1 aliphatic heterocycles. The van der Waals surface area contributed by atoms with E-state index in [0.717, 1.165) is 32.8 Å². The first kappa shape index (κ1) is 17.1. The van der Waals surface area contributed by atoms with Crippen molar-refractivity contribution in [1.82, 2.24) is 4.90 Å². The number of anilines is 1. The SMILES string of the molecule is O=C(Nc1ccc(CN2CCOCC2)cc1)c1ccc([N+](=O)[O-])cc1. The lowest BCUT2D eigenvalue weighted by Gasteiger charge is -2.26. The standard InChI is InChI=1S/C18H19N3O4/c22-18(15-3-7-17(8-4-15)21(23)24)19-16-5-1-14(2-6-16)13-20-9-11-25-12-10-20/h1-8H,9-13H2,(H,19,22). The fraction of sp³-hybridized carbons (Fsp3) is 0.278. The Hall–Kier alpha value is -2.77. The van der Waals surface area contributed by atoms with Crippen molar-refractivity contribution < 1.29 is 14.5 Å². The monoisotopic (exact) mass is 341 g/mol. The first-order valence-corrected chi connectivity index (χ1v) is 8.07. The van der Waals surface area contributed by atoms with Crippen molar-refractivity contribution in [3.63, 3.8) is 0 Å². The average Bonchev–Trinajstić information content (AvgIpc) is 2.64. The number of benzene rings is 2. The van der Waals surface area contributed by atoms with E-state index in [9.17, 15) is 14.9 Å². The third-order valence-corrected chi connectivity index (χ3v) is 4.06. The van der Waals surface area contributed by atoms with Gasteiger partial charge in [0.2, 0.25) is 0 Å². The highest BCUT2D eigenvalue weighted by Gasteiger charge is 2.12. The number of morpholine rings is 1. The van der Waals surface area contributed by atoms with E-state index >= 15 is 0 Å². The number of carbonyl (C=O) groups excluding carboxylic acids is 1. The minimum Gasteiger partial charge on any atom is -0.379 e. The molecule has 2 aromatic rings. The normalized spacial score (nSPS) is 14.9. The summed E-state index contributed by atoms with van der Waals surface area (Å²) >= 11 is 0. The summed E-state index contributed by atoms with van der Waals surface area (Å²) < 4.78 is 5.34. The van der Waals surface area contributed by atoms with Crippen LogP contribution in [0.2, 0.25) is 0 Å². The maximum absolute atomic E-state index is 12.2. The predicted molar refractivity (Wildman–Crippen MR) is 93.6 cm³/mol. The highest BCUT2D eigenvalue weighted by Crippen LogP contribution is 2.16. The molecule has 1 fully saturated rings. The molecule has 1 N–H and O–H groups in total. The molecule has 0 aromatic heterocycles. The third kappa shape index (κ3) is 4.62. The second-order valence-electron chi connectivity index (χ2n) is 5.84. The van der Waals surface area contributed by atoms with Crippen molar-refractivity contribution in [2.75, 3.05) is 31.6 Å². The molecule has 0 atom stereocenters. The van der Waals surface area contributed by atoms with Crippen LogP contribution in [0.25, 0.3) is 0 Å². The smallest absolute Gasteiger partial charge is 0.269 e. The molecule has 0 bridgehead atoms. The summed E-state index contributed by atoms with van der Waals surface area (Å²) in [6.07, 6.45) is 0. The van der Waals surface area contributed by atoms with Gasteiger partial charge in [-0.25, -0.2) is 0 Å². The van der Waals surface area contributed by atoms with Crippen molar-refractivity contribution in [3.8, 4) is 0 Å². The fourth-order valence-corrected chi connectivity index (χ4v) is 2.65. The number of nitro groups is 1. The Morgan fingerprint density at radius 3 is 2.32 bits per heavy atom. The van der Waals surface area contributed by atoms with Crippen LogP contribution < -0.4 is 5.32 Å². The van der Waals surface area contributed by atoms with Gasteiger partial charge >= 0.3 is 0 Å². The number of non-ortho nitro benzene ring substituents is 1. The summed E-state index contributed by atoms with van der Waals surface area (Å²) in [5.41, 5.74) is 2.20. The molecule has 1 saturated heterocycles. The molecular formula is C18H19N3O4. The van der Waals surface area contributed by atoms with Crippen molar-refractivity contribution in [3.05, 3.63) is 69.8 Å². The first-order chi connectivity index (χ1) is 12.1. The van der Waals surface area contributed by atoms with Gasteiger partial charge in [-0.3, -0.25) is 19.8 Å². The van der Waals surface area contributed by atoms with E-state index < -0.39 is 4.92 Å².